The highest BCUT2D eigenvalue weighted by Crippen LogP contribution is 2.26. The quantitative estimate of drug-likeness (QED) is 0.727. The summed E-state index contributed by atoms with van der Waals surface area (Å²) in [6, 6.07) is 2.02. The number of hydrogen-bond donors (Lipinski definition) is 2. The Morgan fingerprint density at radius 2 is 1.93 bits per heavy atom. The maximum atomic E-state index is 12.4. The number of cyclic esters (lactones) is 1. The maximum Gasteiger partial charge on any atom is 0.410 e. The summed E-state index contributed by atoms with van der Waals surface area (Å²) in [6.07, 6.45) is 4.30. The number of anilines is 2. The van der Waals surface area contributed by atoms with Gasteiger partial charge in [0.1, 0.15) is 11.9 Å². The van der Waals surface area contributed by atoms with E-state index in [9.17, 15) is 9.59 Å². The Morgan fingerprint density at radius 3 is 2.59 bits per heavy atom. The molecule has 0 spiro atoms. The molecular weight excluding hydrogens is 376 g/mol. The van der Waals surface area contributed by atoms with Crippen LogP contribution < -0.4 is 10.6 Å². The van der Waals surface area contributed by atoms with Crippen molar-refractivity contribution in [1.29, 1.82) is 0 Å². The molecule has 29 heavy (non-hydrogen) atoms. The molecule has 0 bridgehead atoms. The zero-order chi connectivity index (χ0) is 20.4. The monoisotopic (exact) mass is 404 g/mol. The summed E-state index contributed by atoms with van der Waals surface area (Å²) >= 11 is 0. The van der Waals surface area contributed by atoms with Crippen molar-refractivity contribution in [2.24, 2.45) is 5.92 Å². The number of carbonyl (C=O) groups excluding carboxylic acids is 1. The van der Waals surface area contributed by atoms with Gasteiger partial charge in [0.2, 0.25) is 5.95 Å². The molecule has 10 nitrogen and oxygen atoms in total. The fourth-order valence-corrected chi connectivity index (χ4v) is 4.53. The number of piperidine rings is 2. The van der Waals surface area contributed by atoms with Gasteiger partial charge in [-0.25, -0.2) is 9.78 Å². The lowest BCUT2D eigenvalue weighted by Crippen LogP contribution is -2.46. The van der Waals surface area contributed by atoms with E-state index >= 15 is 0 Å². The zero-order valence-electron chi connectivity index (χ0n) is 16.4. The van der Waals surface area contributed by atoms with Crippen molar-refractivity contribution in [1.82, 2.24) is 19.8 Å². The van der Waals surface area contributed by atoms with Crippen LogP contribution >= 0.6 is 0 Å². The molecule has 4 heterocycles. The molecule has 0 aromatic carbocycles. The molecule has 3 saturated heterocycles. The Balaban J connectivity index is 1.25. The smallest absolute Gasteiger partial charge is 0.410 e. The topological polar surface area (TPSA) is 125 Å². The third-order valence-electron chi connectivity index (χ3n) is 6.19. The lowest BCUT2D eigenvalue weighted by atomic mass is 9.97. The molecule has 3 aliphatic rings. The predicted molar refractivity (Wildman–Crippen MR) is 105 cm³/mol. The highest BCUT2D eigenvalue weighted by molar-refractivity contribution is 5.70. The Hall–Kier alpha value is -2.62. The lowest BCUT2D eigenvalue weighted by Gasteiger charge is -2.36. The number of aromatic nitrogens is 2. The third-order valence-corrected chi connectivity index (χ3v) is 6.19. The number of carboxylic acid groups (broad SMARTS) is 1. The molecule has 0 radical (unpaired) electrons. The van der Waals surface area contributed by atoms with Gasteiger partial charge in [0.15, 0.2) is 0 Å². The van der Waals surface area contributed by atoms with Gasteiger partial charge in [0.25, 0.3) is 0 Å². The van der Waals surface area contributed by atoms with Crippen LogP contribution in [-0.2, 0) is 9.53 Å². The predicted octanol–water partition coefficient (Wildman–Crippen LogP) is 0.645. The first kappa shape index (κ1) is 19.7. The van der Waals surface area contributed by atoms with E-state index in [0.29, 0.717) is 25.9 Å². The lowest BCUT2D eigenvalue weighted by molar-refractivity contribution is -0.143. The molecule has 10 heteroatoms. The normalized spacial score (nSPS) is 24.7. The SMILES string of the molecule is Nc1nccc(N2CCC(N3CC(CN4CCC(C(=O)O)CC4)OC3=O)CC2)n1. The number of rotatable bonds is 5. The Kier molecular flexibility index (Phi) is 5.70. The molecular formula is C19H28N6O4. The van der Waals surface area contributed by atoms with Crippen molar-refractivity contribution >= 4 is 23.8 Å². The van der Waals surface area contributed by atoms with Crippen molar-refractivity contribution < 1.29 is 19.4 Å². The van der Waals surface area contributed by atoms with Crippen LogP contribution in [0.3, 0.4) is 0 Å². The number of ether oxygens (including phenoxy) is 1. The van der Waals surface area contributed by atoms with E-state index in [4.69, 9.17) is 15.6 Å². The molecule has 158 valence electrons. The van der Waals surface area contributed by atoms with Crippen LogP contribution in [-0.4, -0.2) is 88.4 Å². The Morgan fingerprint density at radius 1 is 1.21 bits per heavy atom. The Labute approximate surface area is 169 Å². The number of hydrogen-bond acceptors (Lipinski definition) is 8. The molecule has 1 aromatic rings. The van der Waals surface area contributed by atoms with Crippen LogP contribution in [0.1, 0.15) is 25.7 Å². The molecule has 3 N–H and O–H groups in total. The molecule has 3 fully saturated rings. The second-order valence-electron chi connectivity index (χ2n) is 8.06. The van der Waals surface area contributed by atoms with Gasteiger partial charge in [-0.3, -0.25) is 9.69 Å². The molecule has 1 atom stereocenters. The number of carboxylic acids is 1. The van der Waals surface area contributed by atoms with Crippen molar-refractivity contribution in [2.75, 3.05) is 49.9 Å². The maximum absolute atomic E-state index is 12.4. The largest absolute Gasteiger partial charge is 0.481 e. The fraction of sp³-hybridized carbons (Fsp3) is 0.684. The van der Waals surface area contributed by atoms with Crippen LogP contribution in [0.4, 0.5) is 16.6 Å². The molecule has 1 amide bonds. The summed E-state index contributed by atoms with van der Waals surface area (Å²) in [5, 5.41) is 9.12. The summed E-state index contributed by atoms with van der Waals surface area (Å²) in [6.45, 7) is 4.37. The summed E-state index contributed by atoms with van der Waals surface area (Å²) < 4.78 is 5.61. The van der Waals surface area contributed by atoms with E-state index in [1.54, 1.807) is 6.20 Å². The molecule has 4 rings (SSSR count). The minimum atomic E-state index is -0.709. The number of nitrogens with two attached hydrogens (primary N) is 1. The van der Waals surface area contributed by atoms with Crippen LogP contribution in [0, 0.1) is 5.92 Å². The standard InChI is InChI=1S/C19H28N6O4/c20-18-21-6-1-16(22-18)24-9-4-14(5-10-24)25-12-15(29-19(25)28)11-23-7-2-13(3-8-23)17(26)27/h1,6,13-15H,2-5,7-12H2,(H,26,27)(H2,20,21,22). The second-order valence-corrected chi connectivity index (χ2v) is 8.06. The average molecular weight is 404 g/mol. The van der Waals surface area contributed by atoms with E-state index in [-0.39, 0.29) is 30.1 Å². The fourth-order valence-electron chi connectivity index (χ4n) is 4.53. The van der Waals surface area contributed by atoms with Crippen LogP contribution in [0.2, 0.25) is 0 Å². The third kappa shape index (κ3) is 4.52. The van der Waals surface area contributed by atoms with Crippen molar-refractivity contribution in [3.05, 3.63) is 12.3 Å². The van der Waals surface area contributed by atoms with Gasteiger partial charge >= 0.3 is 12.1 Å². The Bertz CT molecular complexity index is 746. The van der Waals surface area contributed by atoms with Crippen molar-refractivity contribution in [2.45, 2.75) is 37.8 Å². The van der Waals surface area contributed by atoms with E-state index in [2.05, 4.69) is 19.8 Å². The average Bonchev–Trinajstić information content (AvgIpc) is 3.08. The van der Waals surface area contributed by atoms with Gasteiger partial charge in [-0.2, -0.15) is 4.98 Å². The number of carbonyl (C=O) groups is 2. The highest BCUT2D eigenvalue weighted by Gasteiger charge is 2.38. The van der Waals surface area contributed by atoms with E-state index in [1.165, 1.54) is 0 Å². The number of nitrogen functional groups attached to an aromatic ring is 1. The minimum absolute atomic E-state index is 0.149. The highest BCUT2D eigenvalue weighted by atomic mass is 16.6. The van der Waals surface area contributed by atoms with Crippen LogP contribution in [0.5, 0.6) is 0 Å². The summed E-state index contributed by atoms with van der Waals surface area (Å²) in [5.74, 6) is 0.133. The zero-order valence-corrected chi connectivity index (χ0v) is 16.4. The number of aliphatic carboxylic acids is 1. The number of nitrogens with zero attached hydrogens (tertiary/aromatic N) is 5. The number of amides is 1. The first-order valence-electron chi connectivity index (χ1n) is 10.3. The van der Waals surface area contributed by atoms with E-state index in [1.807, 2.05) is 11.0 Å². The van der Waals surface area contributed by atoms with Gasteiger partial charge < -0.3 is 25.4 Å². The van der Waals surface area contributed by atoms with Gasteiger partial charge in [0, 0.05) is 31.9 Å². The van der Waals surface area contributed by atoms with Crippen molar-refractivity contribution in [3.63, 3.8) is 0 Å². The van der Waals surface area contributed by atoms with E-state index in [0.717, 1.165) is 44.8 Å². The first-order chi connectivity index (χ1) is 14.0. The molecule has 0 aliphatic carbocycles. The molecule has 1 unspecified atom stereocenters. The summed E-state index contributed by atoms with van der Waals surface area (Å²) in [4.78, 5) is 37.9. The summed E-state index contributed by atoms with van der Waals surface area (Å²) in [7, 11) is 0. The summed E-state index contributed by atoms with van der Waals surface area (Å²) in [5.41, 5.74) is 5.67. The number of likely N-dealkylation sites (tertiary alicyclic amines) is 1. The van der Waals surface area contributed by atoms with Gasteiger partial charge in [-0.05, 0) is 44.8 Å². The van der Waals surface area contributed by atoms with Gasteiger partial charge in [-0.1, -0.05) is 0 Å². The van der Waals surface area contributed by atoms with Gasteiger partial charge in [0.05, 0.1) is 12.5 Å². The van der Waals surface area contributed by atoms with Crippen LogP contribution in [0.25, 0.3) is 0 Å². The van der Waals surface area contributed by atoms with Gasteiger partial charge in [-0.15, -0.1) is 0 Å². The molecule has 1 aromatic heterocycles. The van der Waals surface area contributed by atoms with Crippen molar-refractivity contribution in [3.8, 4) is 0 Å². The molecule has 0 saturated carbocycles. The van der Waals surface area contributed by atoms with Crippen LogP contribution in [0.15, 0.2) is 12.3 Å². The molecule has 3 aliphatic heterocycles. The first-order valence-corrected chi connectivity index (χ1v) is 10.3. The second kappa shape index (κ2) is 8.40. The minimum Gasteiger partial charge on any atom is -0.481 e. The van der Waals surface area contributed by atoms with E-state index < -0.39 is 5.97 Å².